The second kappa shape index (κ2) is 11.7. The zero-order chi connectivity index (χ0) is 25.8. The molecule has 0 aromatic carbocycles. The highest BCUT2D eigenvalue weighted by atomic mass is 32.2. The lowest BCUT2D eigenvalue weighted by Gasteiger charge is -2.32. The van der Waals surface area contributed by atoms with Crippen LogP contribution in [0.25, 0.3) is 11.0 Å². The highest BCUT2D eigenvalue weighted by Gasteiger charge is 2.52. The number of fused-ring (bicyclic) bond motifs is 1. The summed E-state index contributed by atoms with van der Waals surface area (Å²) in [6, 6.07) is 0.245. The van der Waals surface area contributed by atoms with Crippen LogP contribution < -0.4 is 5.46 Å². The molecule has 0 amide bonds. The molecular formula is C26H42BN3O4S. The van der Waals surface area contributed by atoms with E-state index in [2.05, 4.69) is 71.1 Å². The highest BCUT2D eigenvalue weighted by molar-refractivity contribution is 7.99. The zero-order valence-corrected chi connectivity index (χ0v) is 23.5. The van der Waals surface area contributed by atoms with Gasteiger partial charge in [0.15, 0.2) is 5.16 Å². The smallest absolute Gasteiger partial charge is 0.465 e. The molecule has 0 N–H and O–H groups in total. The molecule has 7 nitrogen and oxygen atoms in total. The first-order valence-corrected chi connectivity index (χ1v) is 14.0. The quantitative estimate of drug-likeness (QED) is 0.163. The summed E-state index contributed by atoms with van der Waals surface area (Å²) in [5, 5.41) is 0.638. The maximum Gasteiger partial charge on any atom is 0.498 e. The minimum atomic E-state index is -0.496. The lowest BCUT2D eigenvalue weighted by molar-refractivity contribution is -0.144. The molecule has 0 aliphatic carbocycles. The van der Waals surface area contributed by atoms with Crippen LogP contribution in [-0.4, -0.2) is 51.2 Å². The molecule has 1 aliphatic rings. The molecule has 1 unspecified atom stereocenters. The standard InChI is InChI=1S/C26H42BN3O4S/c1-9-11-12-19(10-2)17-32-22(31)13-14-35-24-28-15-21-23(29-24)20(16-30(21)18(3)4)27-33-25(5,6)26(7,8)34-27/h15-16,18-19H,9-14,17H2,1-8H3. The second-order valence-corrected chi connectivity index (χ2v) is 11.8. The van der Waals surface area contributed by atoms with Gasteiger partial charge in [0.1, 0.15) is 0 Å². The van der Waals surface area contributed by atoms with E-state index < -0.39 is 18.3 Å². The molecule has 1 saturated heterocycles. The predicted molar refractivity (Wildman–Crippen MR) is 143 cm³/mol. The Morgan fingerprint density at radius 1 is 1.20 bits per heavy atom. The minimum absolute atomic E-state index is 0.155. The van der Waals surface area contributed by atoms with Gasteiger partial charge in [-0.15, -0.1) is 0 Å². The van der Waals surface area contributed by atoms with Gasteiger partial charge in [0.05, 0.1) is 41.5 Å². The van der Waals surface area contributed by atoms with E-state index in [0.29, 0.717) is 29.9 Å². The third-order valence-electron chi connectivity index (χ3n) is 7.20. The number of thioether (sulfide) groups is 1. The molecule has 1 aliphatic heterocycles. The molecule has 9 heteroatoms. The zero-order valence-electron chi connectivity index (χ0n) is 22.7. The predicted octanol–water partition coefficient (Wildman–Crippen LogP) is 5.55. The fourth-order valence-electron chi connectivity index (χ4n) is 4.09. The maximum absolute atomic E-state index is 12.3. The fourth-order valence-corrected chi connectivity index (χ4v) is 4.82. The normalized spacial score (nSPS) is 17.9. The first-order chi connectivity index (χ1) is 16.5. The molecule has 1 fully saturated rings. The van der Waals surface area contributed by atoms with E-state index in [0.717, 1.165) is 29.3 Å². The molecule has 1 atom stereocenters. The van der Waals surface area contributed by atoms with Gasteiger partial charge in [-0.3, -0.25) is 4.79 Å². The van der Waals surface area contributed by atoms with Gasteiger partial charge in [-0.05, 0) is 53.9 Å². The summed E-state index contributed by atoms with van der Waals surface area (Å²) >= 11 is 1.47. The van der Waals surface area contributed by atoms with Crippen LogP contribution in [0.4, 0.5) is 0 Å². The van der Waals surface area contributed by atoms with Crippen molar-refractivity contribution in [2.45, 2.75) is 110 Å². The maximum atomic E-state index is 12.3. The van der Waals surface area contributed by atoms with Crippen LogP contribution >= 0.6 is 11.8 Å². The number of carbonyl (C=O) groups excluding carboxylic acids is 1. The lowest BCUT2D eigenvalue weighted by Crippen LogP contribution is -2.41. The Morgan fingerprint density at radius 3 is 2.49 bits per heavy atom. The van der Waals surface area contributed by atoms with Gasteiger partial charge in [-0.1, -0.05) is 44.9 Å². The third kappa shape index (κ3) is 6.60. The number of aromatic nitrogens is 3. The van der Waals surface area contributed by atoms with Crippen molar-refractivity contribution in [2.75, 3.05) is 12.4 Å². The first-order valence-electron chi connectivity index (χ1n) is 13.0. The molecular weight excluding hydrogens is 461 g/mol. The Kier molecular flexibility index (Phi) is 9.32. The van der Waals surface area contributed by atoms with Crippen molar-refractivity contribution < 1.29 is 18.8 Å². The monoisotopic (exact) mass is 503 g/mol. The summed E-state index contributed by atoms with van der Waals surface area (Å²) in [5.74, 6) is 0.875. The summed E-state index contributed by atoms with van der Waals surface area (Å²) in [6.45, 7) is 17.3. The second-order valence-electron chi connectivity index (χ2n) is 10.8. The number of esters is 1. The molecule has 3 rings (SSSR count). The molecule has 0 saturated carbocycles. The summed E-state index contributed by atoms with van der Waals surface area (Å²) in [4.78, 5) is 21.7. The molecule has 2 aromatic rings. The number of ether oxygens (including phenoxy) is 1. The SMILES string of the molecule is CCCCC(CC)COC(=O)CCSc1ncc2c(n1)c(B1OC(C)(C)C(C)(C)O1)cn2C(C)C. The summed E-state index contributed by atoms with van der Waals surface area (Å²) in [5.41, 5.74) is 1.84. The Morgan fingerprint density at radius 2 is 1.89 bits per heavy atom. The van der Waals surface area contributed by atoms with Crippen LogP contribution in [0, 0.1) is 5.92 Å². The molecule has 194 valence electrons. The highest BCUT2D eigenvalue weighted by Crippen LogP contribution is 2.37. The summed E-state index contributed by atoms with van der Waals surface area (Å²) in [7, 11) is -0.496. The van der Waals surface area contributed by atoms with Crippen molar-refractivity contribution in [3.63, 3.8) is 0 Å². The topological polar surface area (TPSA) is 75.5 Å². The van der Waals surface area contributed by atoms with E-state index in [4.69, 9.17) is 19.0 Å². The number of rotatable bonds is 12. The Bertz CT molecular complexity index is 992. The van der Waals surface area contributed by atoms with E-state index in [1.807, 2.05) is 6.20 Å². The molecule has 0 bridgehead atoms. The number of hydrogen-bond acceptors (Lipinski definition) is 7. The van der Waals surface area contributed by atoms with E-state index in [1.54, 1.807) is 0 Å². The number of nitrogens with zero attached hydrogens (tertiary/aromatic N) is 3. The Balaban J connectivity index is 1.68. The lowest BCUT2D eigenvalue weighted by atomic mass is 9.80. The molecule has 0 radical (unpaired) electrons. The third-order valence-corrected chi connectivity index (χ3v) is 8.06. The minimum Gasteiger partial charge on any atom is -0.465 e. The van der Waals surface area contributed by atoms with Crippen LogP contribution in [0.15, 0.2) is 17.6 Å². The van der Waals surface area contributed by atoms with E-state index in [-0.39, 0.29) is 12.0 Å². The van der Waals surface area contributed by atoms with Crippen molar-refractivity contribution in [3.05, 3.63) is 12.4 Å². The number of carbonyl (C=O) groups is 1. The van der Waals surface area contributed by atoms with Crippen LogP contribution in [0.5, 0.6) is 0 Å². The van der Waals surface area contributed by atoms with Crippen molar-refractivity contribution in [1.82, 2.24) is 14.5 Å². The molecule has 3 heterocycles. The first kappa shape index (κ1) is 28.0. The van der Waals surface area contributed by atoms with Gasteiger partial charge in [0, 0.05) is 23.5 Å². The van der Waals surface area contributed by atoms with Crippen LogP contribution in [0.3, 0.4) is 0 Å². The molecule has 2 aromatic heterocycles. The van der Waals surface area contributed by atoms with Crippen LogP contribution in [0.2, 0.25) is 0 Å². The molecule has 0 spiro atoms. The molecule has 35 heavy (non-hydrogen) atoms. The van der Waals surface area contributed by atoms with Gasteiger partial charge in [-0.25, -0.2) is 9.97 Å². The van der Waals surface area contributed by atoms with Crippen molar-refractivity contribution >= 4 is 41.3 Å². The van der Waals surface area contributed by atoms with Crippen LogP contribution in [0.1, 0.15) is 93.5 Å². The van der Waals surface area contributed by atoms with Gasteiger partial charge in [0.2, 0.25) is 0 Å². The summed E-state index contributed by atoms with van der Waals surface area (Å²) in [6.07, 6.45) is 8.77. The fraction of sp³-hybridized carbons (Fsp3) is 0.731. The van der Waals surface area contributed by atoms with Gasteiger partial charge < -0.3 is 18.6 Å². The Labute approximate surface area is 215 Å². The Hall–Kier alpha value is -1.58. The van der Waals surface area contributed by atoms with E-state index in [1.165, 1.54) is 24.6 Å². The largest absolute Gasteiger partial charge is 0.498 e. The number of unbranched alkanes of at least 4 members (excludes halogenated alkanes) is 1. The summed E-state index contributed by atoms with van der Waals surface area (Å²) < 4.78 is 20.3. The van der Waals surface area contributed by atoms with Crippen molar-refractivity contribution in [1.29, 1.82) is 0 Å². The van der Waals surface area contributed by atoms with E-state index >= 15 is 0 Å². The average molecular weight is 504 g/mol. The average Bonchev–Trinajstić information content (AvgIpc) is 3.27. The van der Waals surface area contributed by atoms with Gasteiger partial charge >= 0.3 is 13.1 Å². The number of hydrogen-bond donors (Lipinski definition) is 0. The van der Waals surface area contributed by atoms with Crippen LogP contribution in [-0.2, 0) is 18.8 Å². The van der Waals surface area contributed by atoms with Crippen molar-refractivity contribution in [2.24, 2.45) is 5.92 Å². The van der Waals surface area contributed by atoms with Crippen molar-refractivity contribution in [3.8, 4) is 0 Å². The van der Waals surface area contributed by atoms with Gasteiger partial charge in [0.25, 0.3) is 0 Å². The van der Waals surface area contributed by atoms with E-state index in [9.17, 15) is 4.79 Å². The van der Waals surface area contributed by atoms with Gasteiger partial charge in [-0.2, -0.15) is 0 Å².